The van der Waals surface area contributed by atoms with E-state index in [1.54, 1.807) is 25.3 Å². The molecular weight excluding hydrogens is 512 g/mol. The van der Waals surface area contributed by atoms with Gasteiger partial charge < -0.3 is 15.5 Å². The Morgan fingerprint density at radius 1 is 1.21 bits per heavy atom. The zero-order valence-electron chi connectivity index (χ0n) is 21.9. The van der Waals surface area contributed by atoms with E-state index in [1.165, 1.54) is 13.0 Å². The summed E-state index contributed by atoms with van der Waals surface area (Å²) in [5, 5.41) is 14.3. The van der Waals surface area contributed by atoms with Crippen LogP contribution >= 0.6 is 0 Å². The predicted octanol–water partition coefficient (Wildman–Crippen LogP) is 3.65. The van der Waals surface area contributed by atoms with Gasteiger partial charge in [0.2, 0.25) is 0 Å². The Morgan fingerprint density at radius 2 is 1.92 bits per heavy atom. The van der Waals surface area contributed by atoms with Crippen molar-refractivity contribution in [1.82, 2.24) is 25.4 Å². The van der Waals surface area contributed by atoms with Crippen molar-refractivity contribution < 1.29 is 22.4 Å². The standard InChI is InChI=1S/C28H30F4N6O/c1-18(10-33)8-21(12-34-3)38-16-28(17-38)14-37(15-28)13-19-4-7-24(35-11-19)27(2,36-26(39)25(31)32)20-5-6-22(29)23(30)9-20/h4-9,11-12,25,34H,13-17H2,1-3H3,(H,36,39)/b18-8+,21-12+. The molecule has 1 amide bonds. The van der Waals surface area contributed by atoms with E-state index in [4.69, 9.17) is 5.26 Å². The molecule has 0 aliphatic carbocycles. The third-order valence-electron chi connectivity index (χ3n) is 7.18. The summed E-state index contributed by atoms with van der Waals surface area (Å²) >= 11 is 0. The highest BCUT2D eigenvalue weighted by Crippen LogP contribution is 2.42. The number of carbonyl (C=O) groups is 1. The minimum absolute atomic E-state index is 0.0846. The molecule has 1 aromatic carbocycles. The van der Waals surface area contributed by atoms with Gasteiger partial charge in [0.05, 0.1) is 17.5 Å². The Bertz CT molecular complexity index is 1320. The lowest BCUT2D eigenvalue weighted by Gasteiger charge is -2.61. The van der Waals surface area contributed by atoms with Crippen LogP contribution in [0.15, 0.2) is 60.1 Å². The van der Waals surface area contributed by atoms with Gasteiger partial charge in [0.15, 0.2) is 11.6 Å². The van der Waals surface area contributed by atoms with Crippen LogP contribution in [-0.4, -0.2) is 60.3 Å². The van der Waals surface area contributed by atoms with Gasteiger partial charge in [-0.15, -0.1) is 0 Å². The lowest BCUT2D eigenvalue weighted by molar-refractivity contribution is -0.133. The second-order valence-corrected chi connectivity index (χ2v) is 10.4. The minimum Gasteiger partial charge on any atom is -0.392 e. The van der Waals surface area contributed by atoms with Crippen molar-refractivity contribution in [2.45, 2.75) is 32.4 Å². The number of nitrogens with one attached hydrogen (secondary N) is 2. The molecule has 1 spiro atoms. The fourth-order valence-electron chi connectivity index (χ4n) is 5.25. The number of hydrogen-bond acceptors (Lipinski definition) is 6. The van der Waals surface area contributed by atoms with Crippen LogP contribution in [0.25, 0.3) is 0 Å². The van der Waals surface area contributed by atoms with Crippen LogP contribution in [-0.2, 0) is 16.9 Å². The number of hydrogen-bond donors (Lipinski definition) is 2. The second kappa shape index (κ2) is 11.1. The fraction of sp³-hybridized carbons (Fsp3) is 0.393. The van der Waals surface area contributed by atoms with E-state index in [2.05, 4.69) is 31.5 Å². The van der Waals surface area contributed by atoms with Crippen molar-refractivity contribution in [3.8, 4) is 6.07 Å². The van der Waals surface area contributed by atoms with E-state index < -0.39 is 29.5 Å². The summed E-state index contributed by atoms with van der Waals surface area (Å²) in [6.45, 7) is 7.41. The third-order valence-corrected chi connectivity index (χ3v) is 7.18. The van der Waals surface area contributed by atoms with E-state index in [0.29, 0.717) is 12.1 Å². The van der Waals surface area contributed by atoms with Gasteiger partial charge in [-0.1, -0.05) is 12.1 Å². The molecule has 206 valence electrons. The number of allylic oxidation sites excluding steroid dienone is 2. The number of benzene rings is 1. The largest absolute Gasteiger partial charge is 0.392 e. The number of nitrogens with zero attached hydrogens (tertiary/aromatic N) is 4. The first-order chi connectivity index (χ1) is 18.5. The Labute approximate surface area is 224 Å². The summed E-state index contributed by atoms with van der Waals surface area (Å²) in [5.74, 6) is -3.79. The SMILES string of the molecule is CN/C=C(\C=C(/C)C#N)N1CC2(CN(Cc3ccc(C(C)(NC(=O)C(F)F)c4ccc(F)c(F)c4)nc3)C2)C1. The summed E-state index contributed by atoms with van der Waals surface area (Å²) < 4.78 is 53.6. The van der Waals surface area contributed by atoms with Crippen LogP contribution in [0.1, 0.15) is 30.7 Å². The molecule has 11 heteroatoms. The molecule has 2 aliphatic heterocycles. The van der Waals surface area contributed by atoms with E-state index in [-0.39, 0.29) is 16.7 Å². The number of rotatable bonds is 9. The van der Waals surface area contributed by atoms with Gasteiger partial charge >= 0.3 is 6.43 Å². The molecule has 2 fully saturated rings. The molecule has 7 nitrogen and oxygen atoms in total. The van der Waals surface area contributed by atoms with Gasteiger partial charge in [0.1, 0.15) is 5.54 Å². The van der Waals surface area contributed by atoms with Gasteiger partial charge in [-0.25, -0.2) is 8.78 Å². The lowest BCUT2D eigenvalue weighted by atomic mass is 9.72. The first-order valence-electron chi connectivity index (χ1n) is 12.4. The maximum Gasteiger partial charge on any atom is 0.315 e. The molecule has 1 unspecified atom stereocenters. The van der Waals surface area contributed by atoms with Gasteiger partial charge in [0, 0.05) is 63.2 Å². The topological polar surface area (TPSA) is 84.3 Å². The molecule has 0 radical (unpaired) electrons. The number of halogens is 4. The highest BCUT2D eigenvalue weighted by molar-refractivity contribution is 5.80. The second-order valence-electron chi connectivity index (χ2n) is 10.4. The van der Waals surface area contributed by atoms with Crippen molar-refractivity contribution in [2.24, 2.45) is 5.41 Å². The van der Waals surface area contributed by atoms with E-state index in [0.717, 1.165) is 49.6 Å². The molecule has 3 heterocycles. The van der Waals surface area contributed by atoms with Gasteiger partial charge in [0.25, 0.3) is 5.91 Å². The number of pyridine rings is 1. The summed E-state index contributed by atoms with van der Waals surface area (Å²) in [5.41, 5.74) is 1.39. The average Bonchev–Trinajstić information content (AvgIpc) is 2.86. The molecule has 0 bridgehead atoms. The molecule has 2 saturated heterocycles. The van der Waals surface area contributed by atoms with Crippen LogP contribution in [0.3, 0.4) is 0 Å². The van der Waals surface area contributed by atoms with Crippen LogP contribution in [0.5, 0.6) is 0 Å². The molecule has 0 saturated carbocycles. The number of aromatic nitrogens is 1. The summed E-state index contributed by atoms with van der Waals surface area (Å²) in [4.78, 5) is 20.8. The highest BCUT2D eigenvalue weighted by atomic mass is 19.3. The molecule has 4 rings (SSSR count). The zero-order valence-corrected chi connectivity index (χ0v) is 21.9. The quantitative estimate of drug-likeness (QED) is 0.286. The van der Waals surface area contributed by atoms with Gasteiger partial charge in [-0.3, -0.25) is 14.7 Å². The molecule has 2 N–H and O–H groups in total. The zero-order chi connectivity index (χ0) is 28.4. The van der Waals surface area contributed by atoms with Crippen molar-refractivity contribution in [2.75, 3.05) is 33.2 Å². The molecule has 2 aliphatic rings. The normalized spacial score (nSPS) is 18.7. The van der Waals surface area contributed by atoms with Crippen molar-refractivity contribution in [3.05, 3.63) is 88.5 Å². The van der Waals surface area contributed by atoms with Crippen LogP contribution < -0.4 is 10.6 Å². The predicted molar refractivity (Wildman–Crippen MR) is 137 cm³/mol. The van der Waals surface area contributed by atoms with E-state index >= 15 is 0 Å². The fourth-order valence-corrected chi connectivity index (χ4v) is 5.25. The highest BCUT2D eigenvalue weighted by Gasteiger charge is 2.51. The molecule has 1 atom stereocenters. The summed E-state index contributed by atoms with van der Waals surface area (Å²) in [7, 11) is 1.82. The average molecular weight is 543 g/mol. The van der Waals surface area contributed by atoms with Crippen LogP contribution in [0.2, 0.25) is 0 Å². The number of nitriles is 1. The first-order valence-corrected chi connectivity index (χ1v) is 12.4. The monoisotopic (exact) mass is 542 g/mol. The van der Waals surface area contributed by atoms with Gasteiger partial charge in [-0.05, 0) is 49.2 Å². The van der Waals surface area contributed by atoms with E-state index in [1.807, 2.05) is 19.3 Å². The van der Waals surface area contributed by atoms with Crippen molar-refractivity contribution in [3.63, 3.8) is 0 Å². The Kier molecular flexibility index (Phi) is 7.97. The van der Waals surface area contributed by atoms with Crippen LogP contribution in [0, 0.1) is 28.4 Å². The maximum atomic E-state index is 14.0. The molecule has 1 aromatic heterocycles. The Balaban J connectivity index is 1.41. The van der Waals surface area contributed by atoms with Crippen LogP contribution in [0.4, 0.5) is 17.6 Å². The third kappa shape index (κ3) is 5.91. The Morgan fingerprint density at radius 3 is 2.49 bits per heavy atom. The smallest absolute Gasteiger partial charge is 0.315 e. The number of likely N-dealkylation sites (tertiary alicyclic amines) is 2. The molecular formula is C28H30F4N6O. The number of amides is 1. The number of carbonyl (C=O) groups excluding carboxylic acids is 1. The lowest BCUT2D eigenvalue weighted by Crippen LogP contribution is -2.71. The van der Waals surface area contributed by atoms with Crippen molar-refractivity contribution in [1.29, 1.82) is 5.26 Å². The first kappa shape index (κ1) is 28.1. The van der Waals surface area contributed by atoms with E-state index in [9.17, 15) is 22.4 Å². The minimum atomic E-state index is -3.29. The summed E-state index contributed by atoms with van der Waals surface area (Å²) in [6, 6.07) is 8.51. The number of alkyl halides is 2. The Hall–Kier alpha value is -3.91. The maximum absolute atomic E-state index is 14.0. The summed E-state index contributed by atoms with van der Waals surface area (Å²) in [6.07, 6.45) is 2.06. The molecule has 39 heavy (non-hydrogen) atoms. The van der Waals surface area contributed by atoms with Gasteiger partial charge in [-0.2, -0.15) is 14.0 Å². The van der Waals surface area contributed by atoms with Crippen molar-refractivity contribution >= 4 is 5.91 Å². The molecule has 2 aromatic rings.